The third-order valence-corrected chi connectivity index (χ3v) is 4.18. The van der Waals surface area contributed by atoms with Crippen molar-refractivity contribution < 1.29 is 9.53 Å². The summed E-state index contributed by atoms with van der Waals surface area (Å²) in [5, 5.41) is 11.3. The summed E-state index contributed by atoms with van der Waals surface area (Å²) >= 11 is 0. The first-order valence-electron chi connectivity index (χ1n) is 8.64. The van der Waals surface area contributed by atoms with E-state index in [1.807, 2.05) is 48.6 Å². The lowest BCUT2D eigenvalue weighted by molar-refractivity contribution is -0.120. The first kappa shape index (κ1) is 17.8. The van der Waals surface area contributed by atoms with Gasteiger partial charge in [0.05, 0.1) is 13.5 Å². The van der Waals surface area contributed by atoms with Crippen molar-refractivity contribution in [1.29, 1.82) is 0 Å². The van der Waals surface area contributed by atoms with Crippen LogP contribution in [-0.2, 0) is 17.6 Å². The number of methoxy groups -OCH3 is 1. The first-order chi connectivity index (χ1) is 12.6. The van der Waals surface area contributed by atoms with Gasteiger partial charge in [-0.05, 0) is 44.0 Å². The van der Waals surface area contributed by atoms with Crippen LogP contribution in [0.15, 0.2) is 30.3 Å². The lowest BCUT2D eigenvalue weighted by Crippen LogP contribution is -2.26. The number of amides is 1. The molecule has 3 rings (SSSR count). The van der Waals surface area contributed by atoms with Gasteiger partial charge in [-0.1, -0.05) is 12.1 Å². The summed E-state index contributed by atoms with van der Waals surface area (Å²) < 4.78 is 7.08. The number of aromatic nitrogens is 4. The Morgan fingerprint density at radius 2 is 1.96 bits per heavy atom. The number of nitrogens with zero attached hydrogens (tertiary/aromatic N) is 4. The van der Waals surface area contributed by atoms with Crippen molar-refractivity contribution in [2.75, 3.05) is 13.7 Å². The van der Waals surface area contributed by atoms with E-state index >= 15 is 0 Å². The largest absolute Gasteiger partial charge is 0.497 e. The van der Waals surface area contributed by atoms with Gasteiger partial charge in [-0.3, -0.25) is 9.20 Å². The molecule has 0 aliphatic heterocycles. The number of aryl methyl sites for hydroxylation is 3. The molecule has 0 unspecified atom stereocenters. The second-order valence-electron chi connectivity index (χ2n) is 6.27. The minimum Gasteiger partial charge on any atom is -0.497 e. The molecule has 0 aliphatic rings. The lowest BCUT2D eigenvalue weighted by Gasteiger charge is -2.07. The minimum atomic E-state index is 0.00902. The van der Waals surface area contributed by atoms with Crippen LogP contribution in [0.1, 0.15) is 29.2 Å². The number of hydrogen-bond donors (Lipinski definition) is 1. The molecule has 26 heavy (non-hydrogen) atoms. The van der Waals surface area contributed by atoms with Gasteiger partial charge in [-0.25, -0.2) is 4.98 Å². The van der Waals surface area contributed by atoms with Gasteiger partial charge in [0, 0.05) is 24.4 Å². The molecule has 1 N–H and O–H groups in total. The summed E-state index contributed by atoms with van der Waals surface area (Å²) in [6.07, 6.45) is 1.89. The molecule has 0 fully saturated rings. The maximum atomic E-state index is 12.0. The fourth-order valence-corrected chi connectivity index (χ4v) is 2.93. The molecule has 1 amide bonds. The van der Waals surface area contributed by atoms with E-state index in [1.165, 1.54) is 0 Å². The van der Waals surface area contributed by atoms with E-state index in [0.29, 0.717) is 18.7 Å². The fourth-order valence-electron chi connectivity index (χ4n) is 2.93. The number of carbonyl (C=O) groups is 1. The number of rotatable bonds is 7. The Hall–Kier alpha value is -2.96. The Morgan fingerprint density at radius 1 is 1.19 bits per heavy atom. The second-order valence-corrected chi connectivity index (χ2v) is 6.27. The van der Waals surface area contributed by atoms with E-state index in [2.05, 4.69) is 20.5 Å². The van der Waals surface area contributed by atoms with E-state index < -0.39 is 0 Å². The molecule has 7 heteroatoms. The van der Waals surface area contributed by atoms with Gasteiger partial charge in [0.15, 0.2) is 0 Å². The smallest absolute Gasteiger partial charge is 0.255 e. The molecule has 0 spiro atoms. The van der Waals surface area contributed by atoms with E-state index in [9.17, 15) is 4.79 Å². The summed E-state index contributed by atoms with van der Waals surface area (Å²) in [4.78, 5) is 16.4. The zero-order valence-corrected chi connectivity index (χ0v) is 15.3. The Morgan fingerprint density at radius 3 is 2.69 bits per heavy atom. The molecule has 1 aromatic carbocycles. The highest BCUT2D eigenvalue weighted by atomic mass is 16.5. The van der Waals surface area contributed by atoms with E-state index in [4.69, 9.17) is 4.74 Å². The van der Waals surface area contributed by atoms with Crippen molar-refractivity contribution in [3.63, 3.8) is 0 Å². The van der Waals surface area contributed by atoms with Crippen LogP contribution in [0.5, 0.6) is 5.75 Å². The second kappa shape index (κ2) is 7.95. The number of carbonyl (C=O) groups excluding carboxylic acids is 1. The van der Waals surface area contributed by atoms with Crippen LogP contribution in [-0.4, -0.2) is 39.1 Å². The molecule has 0 aliphatic carbocycles. The zero-order valence-electron chi connectivity index (χ0n) is 15.3. The molecule has 0 saturated heterocycles. The maximum absolute atomic E-state index is 12.0. The van der Waals surface area contributed by atoms with Crippen LogP contribution in [0.2, 0.25) is 0 Å². The van der Waals surface area contributed by atoms with Gasteiger partial charge < -0.3 is 10.1 Å². The summed E-state index contributed by atoms with van der Waals surface area (Å²) in [7, 11) is 1.62. The normalized spacial score (nSPS) is 10.9. The van der Waals surface area contributed by atoms with Crippen molar-refractivity contribution in [1.82, 2.24) is 24.9 Å². The monoisotopic (exact) mass is 353 g/mol. The SMILES string of the molecule is COc1ccc(CC(=O)NCCCc2nnc3nc(C)cc(C)n23)cc1. The number of benzene rings is 1. The number of ether oxygens (including phenoxy) is 1. The summed E-state index contributed by atoms with van der Waals surface area (Å²) in [6, 6.07) is 9.53. The number of nitrogens with one attached hydrogen (secondary N) is 1. The molecular weight excluding hydrogens is 330 g/mol. The van der Waals surface area contributed by atoms with Crippen molar-refractivity contribution in [2.24, 2.45) is 0 Å². The van der Waals surface area contributed by atoms with Crippen LogP contribution in [0, 0.1) is 13.8 Å². The Labute approximate surface area is 152 Å². The Kier molecular flexibility index (Phi) is 5.46. The van der Waals surface area contributed by atoms with Gasteiger partial charge >= 0.3 is 0 Å². The molecule has 3 aromatic rings. The van der Waals surface area contributed by atoms with Gasteiger partial charge in [0.25, 0.3) is 5.78 Å². The van der Waals surface area contributed by atoms with Crippen molar-refractivity contribution in [3.05, 3.63) is 53.1 Å². The number of hydrogen-bond acceptors (Lipinski definition) is 5. The van der Waals surface area contributed by atoms with E-state index in [1.54, 1.807) is 7.11 Å². The van der Waals surface area contributed by atoms with Crippen LogP contribution < -0.4 is 10.1 Å². The summed E-state index contributed by atoms with van der Waals surface area (Å²) in [5.41, 5.74) is 2.96. The molecule has 0 radical (unpaired) electrons. The fraction of sp³-hybridized carbons (Fsp3) is 0.368. The molecule has 0 saturated carbocycles. The van der Waals surface area contributed by atoms with Crippen molar-refractivity contribution in [2.45, 2.75) is 33.1 Å². The number of fused-ring (bicyclic) bond motifs is 1. The van der Waals surface area contributed by atoms with Gasteiger partial charge in [-0.15, -0.1) is 10.2 Å². The van der Waals surface area contributed by atoms with Crippen molar-refractivity contribution >= 4 is 11.7 Å². The highest BCUT2D eigenvalue weighted by Crippen LogP contribution is 2.12. The Bertz CT molecular complexity index is 902. The quantitative estimate of drug-likeness (QED) is 0.658. The molecule has 0 bridgehead atoms. The molecule has 7 nitrogen and oxygen atoms in total. The molecular formula is C19H23N5O2. The zero-order chi connectivity index (χ0) is 18.5. The van der Waals surface area contributed by atoms with Crippen LogP contribution in [0.4, 0.5) is 0 Å². The third-order valence-electron chi connectivity index (χ3n) is 4.18. The molecule has 0 atom stereocenters. The van der Waals surface area contributed by atoms with Crippen LogP contribution in [0.25, 0.3) is 5.78 Å². The lowest BCUT2D eigenvalue weighted by atomic mass is 10.1. The average Bonchev–Trinajstić information content (AvgIpc) is 3.02. The van der Waals surface area contributed by atoms with E-state index in [0.717, 1.165) is 41.4 Å². The van der Waals surface area contributed by atoms with Crippen LogP contribution >= 0.6 is 0 Å². The maximum Gasteiger partial charge on any atom is 0.255 e. The summed E-state index contributed by atoms with van der Waals surface area (Å²) in [6.45, 7) is 4.56. The highest BCUT2D eigenvalue weighted by Gasteiger charge is 2.10. The predicted octanol–water partition coefficient (Wildman–Crippen LogP) is 2.04. The third kappa shape index (κ3) is 4.17. The minimum absolute atomic E-state index is 0.00902. The standard InChI is InChI=1S/C19H23N5O2/c1-13-11-14(2)24-17(22-23-19(24)21-13)5-4-10-20-18(25)12-15-6-8-16(26-3)9-7-15/h6-9,11H,4-5,10,12H2,1-3H3,(H,20,25). The summed E-state index contributed by atoms with van der Waals surface area (Å²) in [5.74, 6) is 2.29. The van der Waals surface area contributed by atoms with E-state index in [-0.39, 0.29) is 5.91 Å². The van der Waals surface area contributed by atoms with Gasteiger partial charge in [0.2, 0.25) is 5.91 Å². The van der Waals surface area contributed by atoms with Gasteiger partial charge in [0.1, 0.15) is 11.6 Å². The highest BCUT2D eigenvalue weighted by molar-refractivity contribution is 5.78. The van der Waals surface area contributed by atoms with Gasteiger partial charge in [-0.2, -0.15) is 0 Å². The molecule has 2 aromatic heterocycles. The topological polar surface area (TPSA) is 81.4 Å². The average molecular weight is 353 g/mol. The van der Waals surface area contributed by atoms with Crippen molar-refractivity contribution in [3.8, 4) is 5.75 Å². The molecule has 136 valence electrons. The molecule has 2 heterocycles. The predicted molar refractivity (Wildman–Crippen MR) is 98.3 cm³/mol. The van der Waals surface area contributed by atoms with Crippen LogP contribution in [0.3, 0.4) is 0 Å². The Balaban J connectivity index is 1.48. The first-order valence-corrected chi connectivity index (χ1v) is 8.64.